The van der Waals surface area contributed by atoms with Crippen LogP contribution in [-0.2, 0) is 16.2 Å². The molecule has 4 rings (SSSR count). The molecule has 1 aliphatic carbocycles. The Morgan fingerprint density at radius 3 is 2.76 bits per heavy atom. The first-order valence-corrected chi connectivity index (χ1v) is 10.2. The van der Waals surface area contributed by atoms with E-state index in [9.17, 15) is 9.90 Å². The number of nitrogens with zero attached hydrogens (tertiary/aromatic N) is 1. The molecule has 5 nitrogen and oxygen atoms in total. The van der Waals surface area contributed by atoms with Crippen molar-refractivity contribution in [3.63, 3.8) is 0 Å². The van der Waals surface area contributed by atoms with Crippen LogP contribution in [0.2, 0.25) is 0 Å². The van der Waals surface area contributed by atoms with E-state index in [2.05, 4.69) is 34.8 Å². The lowest BCUT2D eigenvalue weighted by Gasteiger charge is -2.12. The van der Waals surface area contributed by atoms with Crippen LogP contribution in [0.3, 0.4) is 0 Å². The monoisotopic (exact) mass is 407 g/mol. The summed E-state index contributed by atoms with van der Waals surface area (Å²) in [6, 6.07) is 19.6. The number of ether oxygens (including phenoxy) is 1. The van der Waals surface area contributed by atoms with Gasteiger partial charge in [-0.3, -0.25) is 0 Å². The molecule has 0 saturated heterocycles. The minimum Gasteiger partial charge on any atom is -0.489 e. The molecular weight excluding hydrogens is 386 g/mol. The topological polar surface area (TPSA) is 68.1 Å². The number of hydrogen-bond donors (Lipinski definition) is 1. The van der Waals surface area contributed by atoms with Crippen molar-refractivity contribution >= 4 is 23.0 Å². The van der Waals surface area contributed by atoms with Crippen molar-refractivity contribution in [3.8, 4) is 5.75 Å². The van der Waals surface area contributed by atoms with E-state index < -0.39 is 5.97 Å². The molecule has 2 unspecified atom stereocenters. The highest BCUT2D eigenvalue weighted by atomic mass is 32.1. The summed E-state index contributed by atoms with van der Waals surface area (Å²) in [5.74, 6) is 0.774. The number of carboxylic acids is 1. The molecule has 1 aliphatic rings. The molecule has 2 atom stereocenters. The molecule has 0 amide bonds. The van der Waals surface area contributed by atoms with E-state index in [0.717, 1.165) is 11.3 Å². The fraction of sp³-hybridized carbons (Fsp3) is 0.217. The number of benzene rings is 2. The van der Waals surface area contributed by atoms with Gasteiger partial charge in [-0.2, -0.15) is 0 Å². The molecule has 3 aromatic rings. The number of rotatable bonds is 8. The maximum Gasteiger partial charge on any atom is 0.358 e. The van der Waals surface area contributed by atoms with Gasteiger partial charge < -0.3 is 14.7 Å². The second-order valence-electron chi connectivity index (χ2n) is 6.91. The molecule has 1 saturated carbocycles. The van der Waals surface area contributed by atoms with Gasteiger partial charge >= 0.3 is 5.97 Å². The lowest BCUT2D eigenvalue weighted by molar-refractivity contribution is -0.129. The second kappa shape index (κ2) is 8.49. The van der Waals surface area contributed by atoms with E-state index in [1.165, 1.54) is 24.0 Å². The van der Waals surface area contributed by atoms with E-state index in [1.54, 1.807) is 12.1 Å². The third-order valence-electron chi connectivity index (χ3n) is 5.04. The third-order valence-corrected chi connectivity index (χ3v) is 6.04. The van der Waals surface area contributed by atoms with Crippen molar-refractivity contribution in [1.82, 2.24) is 0 Å². The number of hydrogen-bond acceptors (Lipinski definition) is 5. The number of carbonyl (C=O) groups is 1. The summed E-state index contributed by atoms with van der Waals surface area (Å²) in [5.41, 5.74) is 2.36. The Labute approximate surface area is 173 Å². The lowest BCUT2D eigenvalue weighted by Crippen LogP contribution is -2.17. The SMILES string of the molecule is CON=C(C(=O)O)c1ccccc1COc1cccc(C2CC2c2cccs2)c1. The summed E-state index contributed by atoms with van der Waals surface area (Å²) in [6.07, 6.45) is 1.17. The van der Waals surface area contributed by atoms with E-state index in [1.807, 2.05) is 35.6 Å². The summed E-state index contributed by atoms with van der Waals surface area (Å²) < 4.78 is 6.00. The summed E-state index contributed by atoms with van der Waals surface area (Å²) >= 11 is 1.81. The van der Waals surface area contributed by atoms with Crippen molar-refractivity contribution < 1.29 is 19.5 Å². The highest BCUT2D eigenvalue weighted by molar-refractivity contribution is 7.10. The summed E-state index contributed by atoms with van der Waals surface area (Å²) in [4.78, 5) is 17.7. The van der Waals surface area contributed by atoms with Crippen LogP contribution in [0.1, 0.15) is 39.8 Å². The molecule has 148 valence electrons. The van der Waals surface area contributed by atoms with Gasteiger partial charge in [0.2, 0.25) is 0 Å². The maximum absolute atomic E-state index is 11.5. The Morgan fingerprint density at radius 2 is 2.00 bits per heavy atom. The van der Waals surface area contributed by atoms with Crippen molar-refractivity contribution in [2.24, 2.45) is 5.16 Å². The molecule has 1 fully saturated rings. The Morgan fingerprint density at radius 1 is 1.14 bits per heavy atom. The first-order chi connectivity index (χ1) is 14.2. The Kier molecular flexibility index (Phi) is 5.62. The summed E-state index contributed by atoms with van der Waals surface area (Å²) in [7, 11) is 1.33. The first kappa shape index (κ1) is 19.2. The molecule has 0 spiro atoms. The zero-order valence-electron chi connectivity index (χ0n) is 15.9. The van der Waals surface area contributed by atoms with Gasteiger partial charge in [0.15, 0.2) is 5.71 Å². The normalized spacial score (nSPS) is 18.3. The van der Waals surface area contributed by atoms with Crippen LogP contribution in [0.25, 0.3) is 0 Å². The van der Waals surface area contributed by atoms with Crippen LogP contribution in [0.15, 0.2) is 71.2 Å². The predicted molar refractivity (Wildman–Crippen MR) is 113 cm³/mol. The quantitative estimate of drug-likeness (QED) is 0.420. The van der Waals surface area contributed by atoms with Crippen LogP contribution in [-0.4, -0.2) is 23.9 Å². The molecule has 1 N–H and O–H groups in total. The van der Waals surface area contributed by atoms with Gasteiger partial charge in [-0.25, -0.2) is 4.79 Å². The van der Waals surface area contributed by atoms with Gasteiger partial charge in [0, 0.05) is 16.4 Å². The average Bonchev–Trinajstić information content (AvgIpc) is 3.35. The molecular formula is C23H21NO4S. The average molecular weight is 407 g/mol. The summed E-state index contributed by atoms with van der Waals surface area (Å²) in [6.45, 7) is 0.245. The second-order valence-corrected chi connectivity index (χ2v) is 7.89. The fourth-order valence-electron chi connectivity index (χ4n) is 3.55. The van der Waals surface area contributed by atoms with Gasteiger partial charge in [-0.1, -0.05) is 47.6 Å². The van der Waals surface area contributed by atoms with Crippen molar-refractivity contribution in [2.45, 2.75) is 24.9 Å². The Balaban J connectivity index is 1.48. The van der Waals surface area contributed by atoms with E-state index in [0.29, 0.717) is 17.4 Å². The largest absolute Gasteiger partial charge is 0.489 e. The predicted octanol–water partition coefficient (Wildman–Crippen LogP) is 5.03. The molecule has 0 aliphatic heterocycles. The zero-order valence-corrected chi connectivity index (χ0v) is 16.8. The van der Waals surface area contributed by atoms with Crippen LogP contribution >= 0.6 is 11.3 Å². The molecule has 2 aromatic carbocycles. The molecule has 6 heteroatoms. The number of carboxylic acid groups (broad SMARTS) is 1. The van der Waals surface area contributed by atoms with Gasteiger partial charge in [0.25, 0.3) is 0 Å². The van der Waals surface area contributed by atoms with Crippen LogP contribution < -0.4 is 4.74 Å². The highest BCUT2D eigenvalue weighted by Crippen LogP contribution is 2.56. The lowest BCUT2D eigenvalue weighted by atomic mass is 10.0. The first-order valence-electron chi connectivity index (χ1n) is 9.36. The fourth-order valence-corrected chi connectivity index (χ4v) is 4.45. The van der Waals surface area contributed by atoms with Gasteiger partial charge in [0.05, 0.1) is 0 Å². The molecule has 0 radical (unpaired) electrons. The minimum absolute atomic E-state index is 0.141. The number of thiophene rings is 1. The highest BCUT2D eigenvalue weighted by Gasteiger charge is 2.40. The van der Waals surface area contributed by atoms with Crippen LogP contribution in [0.5, 0.6) is 5.75 Å². The molecule has 1 aromatic heterocycles. The Hall–Kier alpha value is -3.12. The van der Waals surface area contributed by atoms with Crippen molar-refractivity contribution in [2.75, 3.05) is 7.11 Å². The maximum atomic E-state index is 11.5. The standard InChI is InChI=1S/C23H21NO4S/c1-27-24-22(23(25)26)18-9-3-2-6-16(18)14-28-17-8-4-7-15(12-17)19-13-20(19)21-10-5-11-29-21/h2-12,19-20H,13-14H2,1H3,(H,25,26). The molecule has 0 bridgehead atoms. The zero-order chi connectivity index (χ0) is 20.2. The van der Waals surface area contributed by atoms with Gasteiger partial charge in [-0.05, 0) is 47.0 Å². The molecule has 29 heavy (non-hydrogen) atoms. The van der Waals surface area contributed by atoms with Crippen molar-refractivity contribution in [3.05, 3.63) is 87.6 Å². The minimum atomic E-state index is -1.14. The van der Waals surface area contributed by atoms with Gasteiger partial charge in [-0.15, -0.1) is 11.3 Å². The Bertz CT molecular complexity index is 1030. The van der Waals surface area contributed by atoms with Crippen LogP contribution in [0.4, 0.5) is 0 Å². The van der Waals surface area contributed by atoms with Crippen molar-refractivity contribution in [1.29, 1.82) is 0 Å². The van der Waals surface area contributed by atoms with E-state index in [-0.39, 0.29) is 12.3 Å². The number of aliphatic carboxylic acids is 1. The smallest absolute Gasteiger partial charge is 0.358 e. The van der Waals surface area contributed by atoms with Crippen LogP contribution in [0, 0.1) is 0 Å². The third kappa shape index (κ3) is 4.32. The molecule has 1 heterocycles. The number of oxime groups is 1. The van der Waals surface area contributed by atoms with Gasteiger partial charge in [0.1, 0.15) is 19.5 Å². The van der Waals surface area contributed by atoms with E-state index >= 15 is 0 Å². The van der Waals surface area contributed by atoms with E-state index in [4.69, 9.17) is 9.57 Å². The summed E-state index contributed by atoms with van der Waals surface area (Å²) in [5, 5.41) is 15.2.